The molecular formula is C18H17N3O2S. The van der Waals surface area contributed by atoms with Crippen LogP contribution in [0.1, 0.15) is 10.4 Å². The molecule has 24 heavy (non-hydrogen) atoms. The van der Waals surface area contributed by atoms with Crippen LogP contribution in [0.15, 0.2) is 60.1 Å². The maximum Gasteiger partial charge on any atom is 0.278 e. The smallest absolute Gasteiger partial charge is 0.278 e. The quantitative estimate of drug-likeness (QED) is 0.755. The number of carbonyl (C=O) groups is 1. The highest BCUT2D eigenvalue weighted by atomic mass is 32.1. The zero-order valence-corrected chi connectivity index (χ0v) is 14.2. The second-order valence-corrected chi connectivity index (χ2v) is 6.18. The minimum Gasteiger partial charge on any atom is -0.431 e. The van der Waals surface area contributed by atoms with Crippen molar-refractivity contribution in [1.82, 2.24) is 4.98 Å². The fourth-order valence-corrected chi connectivity index (χ4v) is 2.59. The molecule has 1 amide bonds. The molecule has 0 fully saturated rings. The lowest BCUT2D eigenvalue weighted by Gasteiger charge is -2.13. The highest BCUT2D eigenvalue weighted by Crippen LogP contribution is 2.23. The molecule has 6 heteroatoms. The molecule has 0 aliphatic heterocycles. The van der Waals surface area contributed by atoms with Gasteiger partial charge in [0.15, 0.2) is 0 Å². The van der Waals surface area contributed by atoms with E-state index in [0.717, 1.165) is 11.4 Å². The Balaban J connectivity index is 1.64. The predicted octanol–water partition coefficient (Wildman–Crippen LogP) is 4.25. The molecule has 1 heterocycles. The monoisotopic (exact) mass is 339 g/mol. The number of rotatable bonds is 5. The number of ether oxygens (including phenoxy) is 1. The number of carbonyl (C=O) groups excluding carboxylic acids is 1. The van der Waals surface area contributed by atoms with Gasteiger partial charge in [0.05, 0.1) is 0 Å². The Morgan fingerprint density at radius 2 is 1.79 bits per heavy atom. The standard InChI is InChI=1S/C18H17N3O2S/c1-21(2)15-7-5-14(6-8-15)20-17(22)13-3-9-16(10-4-13)23-18-19-11-12-24-18/h3-12H,1-2H3,(H,20,22). The maximum absolute atomic E-state index is 12.3. The van der Waals surface area contributed by atoms with Crippen LogP contribution in [0, 0.1) is 0 Å². The van der Waals surface area contributed by atoms with E-state index in [1.54, 1.807) is 30.5 Å². The SMILES string of the molecule is CN(C)c1ccc(NC(=O)c2ccc(Oc3nccs3)cc2)cc1. The first-order chi connectivity index (χ1) is 11.6. The first kappa shape index (κ1) is 16.0. The molecule has 1 aromatic heterocycles. The van der Waals surface area contributed by atoms with Crippen LogP contribution in [0.2, 0.25) is 0 Å². The summed E-state index contributed by atoms with van der Waals surface area (Å²) in [4.78, 5) is 18.4. The average Bonchev–Trinajstić information content (AvgIpc) is 3.09. The lowest BCUT2D eigenvalue weighted by Crippen LogP contribution is -2.12. The number of thiazole rings is 1. The molecule has 0 saturated heterocycles. The van der Waals surface area contributed by atoms with Gasteiger partial charge in [-0.05, 0) is 48.5 Å². The second kappa shape index (κ2) is 7.14. The number of nitrogens with one attached hydrogen (secondary N) is 1. The molecule has 0 aliphatic rings. The fourth-order valence-electron chi connectivity index (χ4n) is 2.08. The van der Waals surface area contributed by atoms with Gasteiger partial charge < -0.3 is 15.0 Å². The van der Waals surface area contributed by atoms with Crippen molar-refractivity contribution in [3.8, 4) is 10.9 Å². The number of aromatic nitrogens is 1. The van der Waals surface area contributed by atoms with Crippen LogP contribution in [0.4, 0.5) is 11.4 Å². The molecule has 0 saturated carbocycles. The van der Waals surface area contributed by atoms with E-state index in [-0.39, 0.29) is 5.91 Å². The maximum atomic E-state index is 12.3. The van der Waals surface area contributed by atoms with Gasteiger partial charge in [-0.25, -0.2) is 4.98 Å². The highest BCUT2D eigenvalue weighted by Gasteiger charge is 2.07. The van der Waals surface area contributed by atoms with Crippen molar-refractivity contribution >= 4 is 28.6 Å². The first-order valence-corrected chi connectivity index (χ1v) is 8.26. The molecule has 122 valence electrons. The lowest BCUT2D eigenvalue weighted by molar-refractivity contribution is 0.102. The van der Waals surface area contributed by atoms with Gasteiger partial charge in [0.2, 0.25) is 0 Å². The first-order valence-electron chi connectivity index (χ1n) is 7.38. The van der Waals surface area contributed by atoms with Crippen LogP contribution >= 0.6 is 11.3 Å². The summed E-state index contributed by atoms with van der Waals surface area (Å²) in [7, 11) is 3.95. The van der Waals surface area contributed by atoms with Gasteiger partial charge in [0.25, 0.3) is 11.1 Å². The summed E-state index contributed by atoms with van der Waals surface area (Å²) in [6.07, 6.45) is 1.68. The normalized spacial score (nSPS) is 10.2. The van der Waals surface area contributed by atoms with Crippen LogP contribution < -0.4 is 15.0 Å². The molecule has 0 atom stereocenters. The van der Waals surface area contributed by atoms with Crippen molar-refractivity contribution in [1.29, 1.82) is 0 Å². The minimum atomic E-state index is -0.159. The molecule has 2 aromatic carbocycles. The number of hydrogen-bond donors (Lipinski definition) is 1. The molecule has 1 N–H and O–H groups in total. The molecule has 3 aromatic rings. The summed E-state index contributed by atoms with van der Waals surface area (Å²) < 4.78 is 5.58. The third kappa shape index (κ3) is 3.91. The molecule has 0 unspecified atom stereocenters. The summed E-state index contributed by atoms with van der Waals surface area (Å²) in [5.74, 6) is 0.491. The van der Waals surface area contributed by atoms with Gasteiger partial charge >= 0.3 is 0 Å². The molecular weight excluding hydrogens is 322 g/mol. The van der Waals surface area contributed by atoms with Gasteiger partial charge in [0.1, 0.15) is 5.75 Å². The highest BCUT2D eigenvalue weighted by molar-refractivity contribution is 7.11. The third-order valence-corrected chi connectivity index (χ3v) is 4.02. The van der Waals surface area contributed by atoms with Crippen molar-refractivity contribution in [3.63, 3.8) is 0 Å². The van der Waals surface area contributed by atoms with E-state index >= 15 is 0 Å². The van der Waals surface area contributed by atoms with Crippen molar-refractivity contribution in [2.75, 3.05) is 24.3 Å². The van der Waals surface area contributed by atoms with E-state index < -0.39 is 0 Å². The topological polar surface area (TPSA) is 54.5 Å². The van der Waals surface area contributed by atoms with Gasteiger partial charge in [0, 0.05) is 42.6 Å². The molecule has 5 nitrogen and oxygen atoms in total. The minimum absolute atomic E-state index is 0.159. The second-order valence-electron chi connectivity index (χ2n) is 5.32. The fraction of sp³-hybridized carbons (Fsp3) is 0.111. The largest absolute Gasteiger partial charge is 0.431 e. The summed E-state index contributed by atoms with van der Waals surface area (Å²) in [5.41, 5.74) is 2.41. The number of hydrogen-bond acceptors (Lipinski definition) is 5. The predicted molar refractivity (Wildman–Crippen MR) is 97.4 cm³/mol. The van der Waals surface area contributed by atoms with Gasteiger partial charge in [-0.2, -0.15) is 0 Å². The molecule has 0 radical (unpaired) electrons. The van der Waals surface area contributed by atoms with Crippen LogP contribution in [-0.2, 0) is 0 Å². The van der Waals surface area contributed by atoms with E-state index in [0.29, 0.717) is 16.5 Å². The van der Waals surface area contributed by atoms with Crippen molar-refractivity contribution in [3.05, 3.63) is 65.7 Å². The van der Waals surface area contributed by atoms with E-state index in [1.807, 2.05) is 48.6 Å². The Labute approximate surface area is 144 Å². The van der Waals surface area contributed by atoms with Crippen LogP contribution in [0.5, 0.6) is 10.9 Å². The summed E-state index contributed by atoms with van der Waals surface area (Å²) in [6, 6.07) is 14.7. The molecule has 0 aliphatic carbocycles. The Morgan fingerprint density at radius 3 is 2.38 bits per heavy atom. The van der Waals surface area contributed by atoms with Gasteiger partial charge in [-0.3, -0.25) is 4.79 Å². The Kier molecular flexibility index (Phi) is 4.77. The van der Waals surface area contributed by atoms with E-state index in [4.69, 9.17) is 4.74 Å². The summed E-state index contributed by atoms with van der Waals surface area (Å²) in [6.45, 7) is 0. The summed E-state index contributed by atoms with van der Waals surface area (Å²) in [5, 5.41) is 5.30. The molecule has 0 spiro atoms. The van der Waals surface area contributed by atoms with Crippen molar-refractivity contribution in [2.24, 2.45) is 0 Å². The number of amides is 1. The average molecular weight is 339 g/mol. The van der Waals surface area contributed by atoms with Crippen LogP contribution in [0.25, 0.3) is 0 Å². The molecule has 0 bridgehead atoms. The van der Waals surface area contributed by atoms with Crippen LogP contribution in [0.3, 0.4) is 0 Å². The van der Waals surface area contributed by atoms with Gasteiger partial charge in [-0.15, -0.1) is 0 Å². The van der Waals surface area contributed by atoms with Gasteiger partial charge in [-0.1, -0.05) is 11.3 Å². The Morgan fingerprint density at radius 1 is 1.08 bits per heavy atom. The van der Waals surface area contributed by atoms with E-state index in [2.05, 4.69) is 10.3 Å². The number of anilines is 2. The zero-order chi connectivity index (χ0) is 16.9. The number of benzene rings is 2. The third-order valence-electron chi connectivity index (χ3n) is 3.37. The number of nitrogens with zero attached hydrogens (tertiary/aromatic N) is 2. The summed E-state index contributed by atoms with van der Waals surface area (Å²) >= 11 is 1.42. The van der Waals surface area contributed by atoms with Crippen molar-refractivity contribution in [2.45, 2.75) is 0 Å². The Hall–Kier alpha value is -2.86. The van der Waals surface area contributed by atoms with Crippen molar-refractivity contribution < 1.29 is 9.53 Å². The Bertz CT molecular complexity index is 797. The van der Waals surface area contributed by atoms with E-state index in [1.165, 1.54) is 11.3 Å². The lowest BCUT2D eigenvalue weighted by atomic mass is 10.2. The zero-order valence-electron chi connectivity index (χ0n) is 13.4. The molecule has 3 rings (SSSR count). The van der Waals surface area contributed by atoms with E-state index in [9.17, 15) is 4.79 Å². The van der Waals surface area contributed by atoms with Crippen LogP contribution in [-0.4, -0.2) is 25.0 Å².